The lowest BCUT2D eigenvalue weighted by Crippen LogP contribution is -2.44. The summed E-state index contributed by atoms with van der Waals surface area (Å²) in [4.78, 5) is 23.0. The predicted octanol–water partition coefficient (Wildman–Crippen LogP) is 0.353. The standard InChI is InChI=1S/C14H17NO4/c16-6-5-12(14(18)19)15-13(17)11-7-9-3-1-2-4-10(9)8-11/h1-4,11-12,16H,5-8H2,(H,15,17)(H,18,19). The molecule has 0 spiro atoms. The van der Waals surface area contributed by atoms with Gasteiger partial charge < -0.3 is 15.5 Å². The fraction of sp³-hybridized carbons (Fsp3) is 0.429. The fourth-order valence-corrected chi connectivity index (χ4v) is 2.42. The summed E-state index contributed by atoms with van der Waals surface area (Å²) in [5, 5.41) is 20.2. The van der Waals surface area contributed by atoms with Gasteiger partial charge in [-0.2, -0.15) is 0 Å². The molecule has 0 saturated heterocycles. The van der Waals surface area contributed by atoms with Gasteiger partial charge in [-0.15, -0.1) is 0 Å². The molecule has 102 valence electrons. The molecule has 0 bridgehead atoms. The lowest BCUT2D eigenvalue weighted by molar-refractivity contribution is -0.142. The van der Waals surface area contributed by atoms with Crippen LogP contribution < -0.4 is 5.32 Å². The molecule has 2 rings (SSSR count). The van der Waals surface area contributed by atoms with Crippen LogP contribution in [0.25, 0.3) is 0 Å². The van der Waals surface area contributed by atoms with Crippen molar-refractivity contribution in [3.63, 3.8) is 0 Å². The minimum absolute atomic E-state index is 0.0285. The molecule has 0 fully saturated rings. The van der Waals surface area contributed by atoms with Crippen LogP contribution >= 0.6 is 0 Å². The van der Waals surface area contributed by atoms with Gasteiger partial charge >= 0.3 is 5.97 Å². The van der Waals surface area contributed by atoms with Crippen LogP contribution in [0.1, 0.15) is 17.5 Å². The summed E-state index contributed by atoms with van der Waals surface area (Å²) in [5.41, 5.74) is 2.30. The van der Waals surface area contributed by atoms with Crippen LogP contribution in [0.15, 0.2) is 24.3 Å². The Balaban J connectivity index is 1.97. The first-order chi connectivity index (χ1) is 9.11. The summed E-state index contributed by atoms with van der Waals surface area (Å²) >= 11 is 0. The van der Waals surface area contributed by atoms with Gasteiger partial charge in [0.2, 0.25) is 5.91 Å². The number of fused-ring (bicyclic) bond motifs is 1. The Morgan fingerprint density at radius 1 is 1.26 bits per heavy atom. The lowest BCUT2D eigenvalue weighted by Gasteiger charge is -2.16. The minimum atomic E-state index is -1.11. The molecule has 1 aromatic carbocycles. The van der Waals surface area contributed by atoms with Crippen molar-refractivity contribution in [2.45, 2.75) is 25.3 Å². The molecule has 0 saturated carbocycles. The number of aliphatic hydroxyl groups is 1. The predicted molar refractivity (Wildman–Crippen MR) is 68.6 cm³/mol. The Kier molecular flexibility index (Phi) is 4.16. The minimum Gasteiger partial charge on any atom is -0.480 e. The quantitative estimate of drug-likeness (QED) is 0.715. The highest BCUT2D eigenvalue weighted by atomic mass is 16.4. The molecule has 5 nitrogen and oxygen atoms in total. The van der Waals surface area contributed by atoms with Gasteiger partial charge in [0.05, 0.1) is 0 Å². The van der Waals surface area contributed by atoms with E-state index in [1.807, 2.05) is 24.3 Å². The number of nitrogens with one attached hydrogen (secondary N) is 1. The maximum atomic E-state index is 12.0. The van der Waals surface area contributed by atoms with E-state index in [-0.39, 0.29) is 24.9 Å². The van der Waals surface area contributed by atoms with Crippen LogP contribution in [0.4, 0.5) is 0 Å². The number of amides is 1. The van der Waals surface area contributed by atoms with Crippen LogP contribution in [0.2, 0.25) is 0 Å². The van der Waals surface area contributed by atoms with Crippen molar-refractivity contribution in [2.24, 2.45) is 5.92 Å². The molecule has 0 radical (unpaired) electrons. The number of aliphatic carboxylic acids is 1. The first kappa shape index (κ1) is 13.5. The number of hydrogen-bond donors (Lipinski definition) is 3. The zero-order valence-corrected chi connectivity index (χ0v) is 10.5. The van der Waals surface area contributed by atoms with Crippen LogP contribution in [0.3, 0.4) is 0 Å². The van der Waals surface area contributed by atoms with Gasteiger partial charge in [0, 0.05) is 18.9 Å². The molecule has 1 amide bonds. The van der Waals surface area contributed by atoms with E-state index >= 15 is 0 Å². The van der Waals surface area contributed by atoms with E-state index in [1.54, 1.807) is 0 Å². The Morgan fingerprint density at radius 3 is 2.32 bits per heavy atom. The van der Waals surface area contributed by atoms with E-state index in [1.165, 1.54) is 0 Å². The van der Waals surface area contributed by atoms with E-state index in [9.17, 15) is 9.59 Å². The number of rotatable bonds is 5. The highest BCUT2D eigenvalue weighted by Gasteiger charge is 2.29. The molecule has 5 heteroatoms. The smallest absolute Gasteiger partial charge is 0.326 e. The molecule has 3 N–H and O–H groups in total. The molecular formula is C14H17NO4. The van der Waals surface area contributed by atoms with Crippen molar-refractivity contribution < 1.29 is 19.8 Å². The largest absolute Gasteiger partial charge is 0.480 e. The van der Waals surface area contributed by atoms with Crippen LogP contribution in [-0.2, 0) is 22.4 Å². The van der Waals surface area contributed by atoms with Gasteiger partial charge in [-0.25, -0.2) is 4.79 Å². The summed E-state index contributed by atoms with van der Waals surface area (Å²) < 4.78 is 0. The van der Waals surface area contributed by atoms with E-state index in [4.69, 9.17) is 10.2 Å². The topological polar surface area (TPSA) is 86.6 Å². The molecular weight excluding hydrogens is 246 g/mol. The van der Waals surface area contributed by atoms with E-state index in [2.05, 4.69) is 5.32 Å². The summed E-state index contributed by atoms with van der Waals surface area (Å²) in [6.45, 7) is -0.262. The number of carboxylic acid groups (broad SMARTS) is 1. The van der Waals surface area contributed by atoms with Crippen molar-refractivity contribution in [3.8, 4) is 0 Å². The maximum Gasteiger partial charge on any atom is 0.326 e. The van der Waals surface area contributed by atoms with Gasteiger partial charge in [-0.05, 0) is 24.0 Å². The van der Waals surface area contributed by atoms with Crippen molar-refractivity contribution in [3.05, 3.63) is 35.4 Å². The van der Waals surface area contributed by atoms with Crippen molar-refractivity contribution in [2.75, 3.05) is 6.61 Å². The zero-order valence-electron chi connectivity index (χ0n) is 10.5. The number of benzene rings is 1. The van der Waals surface area contributed by atoms with Gasteiger partial charge in [0.1, 0.15) is 6.04 Å². The monoisotopic (exact) mass is 263 g/mol. The van der Waals surface area contributed by atoms with Crippen molar-refractivity contribution in [1.82, 2.24) is 5.32 Å². The third kappa shape index (κ3) is 3.12. The molecule has 1 aromatic rings. The van der Waals surface area contributed by atoms with E-state index in [0.717, 1.165) is 11.1 Å². The van der Waals surface area contributed by atoms with E-state index < -0.39 is 12.0 Å². The second-order valence-corrected chi connectivity index (χ2v) is 4.79. The van der Waals surface area contributed by atoms with Crippen LogP contribution in [0, 0.1) is 5.92 Å². The molecule has 1 unspecified atom stereocenters. The molecule has 0 heterocycles. The average molecular weight is 263 g/mol. The van der Waals surface area contributed by atoms with Crippen molar-refractivity contribution in [1.29, 1.82) is 0 Å². The summed E-state index contributed by atoms with van der Waals surface area (Å²) in [6, 6.07) is 6.84. The van der Waals surface area contributed by atoms with Crippen molar-refractivity contribution >= 4 is 11.9 Å². The fourth-order valence-electron chi connectivity index (χ4n) is 2.42. The van der Waals surface area contributed by atoms with Gasteiger partial charge in [-0.1, -0.05) is 24.3 Å². The highest BCUT2D eigenvalue weighted by molar-refractivity contribution is 5.85. The molecule has 19 heavy (non-hydrogen) atoms. The Hall–Kier alpha value is -1.88. The SMILES string of the molecule is O=C(NC(CCO)C(=O)O)C1Cc2ccccc2C1. The summed E-state index contributed by atoms with van der Waals surface area (Å²) in [5.74, 6) is -1.58. The first-order valence-corrected chi connectivity index (χ1v) is 6.32. The Bertz CT molecular complexity index is 461. The number of carboxylic acids is 1. The third-order valence-electron chi connectivity index (χ3n) is 3.45. The highest BCUT2D eigenvalue weighted by Crippen LogP contribution is 2.26. The first-order valence-electron chi connectivity index (χ1n) is 6.32. The second-order valence-electron chi connectivity index (χ2n) is 4.79. The van der Waals surface area contributed by atoms with Crippen LogP contribution in [-0.4, -0.2) is 34.7 Å². The second kappa shape index (κ2) is 5.84. The summed E-state index contributed by atoms with van der Waals surface area (Å²) in [7, 11) is 0. The van der Waals surface area contributed by atoms with Gasteiger partial charge in [-0.3, -0.25) is 4.79 Å². The molecule has 0 aliphatic heterocycles. The number of hydrogen-bond acceptors (Lipinski definition) is 3. The number of carbonyl (C=O) groups excluding carboxylic acids is 1. The zero-order chi connectivity index (χ0) is 13.8. The Labute approximate surface area is 111 Å². The lowest BCUT2D eigenvalue weighted by atomic mass is 10.0. The van der Waals surface area contributed by atoms with Crippen LogP contribution in [0.5, 0.6) is 0 Å². The average Bonchev–Trinajstić information content (AvgIpc) is 2.81. The maximum absolute atomic E-state index is 12.0. The van der Waals surface area contributed by atoms with Gasteiger partial charge in [0.15, 0.2) is 0 Å². The molecule has 0 aromatic heterocycles. The van der Waals surface area contributed by atoms with E-state index in [0.29, 0.717) is 12.8 Å². The Morgan fingerprint density at radius 2 is 1.84 bits per heavy atom. The molecule has 1 atom stereocenters. The molecule has 1 aliphatic carbocycles. The number of carbonyl (C=O) groups is 2. The third-order valence-corrected chi connectivity index (χ3v) is 3.45. The molecule has 1 aliphatic rings. The normalized spacial score (nSPS) is 15.8. The summed E-state index contributed by atoms with van der Waals surface area (Å²) in [6.07, 6.45) is 1.32. The number of aliphatic hydroxyl groups excluding tert-OH is 1. The van der Waals surface area contributed by atoms with Gasteiger partial charge in [0.25, 0.3) is 0 Å².